The molecular weight excluding hydrogens is 230 g/mol. The number of hydrogen-bond acceptors (Lipinski definition) is 2. The maximum absolute atomic E-state index is 12.5. The molecule has 0 aliphatic carbocycles. The molecule has 0 aromatic heterocycles. The van der Waals surface area contributed by atoms with E-state index in [1.54, 1.807) is 4.90 Å². The second-order valence-corrected chi connectivity index (χ2v) is 6.23. The summed E-state index contributed by atoms with van der Waals surface area (Å²) in [6.07, 6.45) is 4.02. The number of nitrogens with zero attached hydrogens (tertiary/aromatic N) is 1. The van der Waals surface area contributed by atoms with E-state index in [-0.39, 0.29) is 11.9 Å². The van der Waals surface area contributed by atoms with E-state index >= 15 is 0 Å². The summed E-state index contributed by atoms with van der Waals surface area (Å²) in [7, 11) is 0. The van der Waals surface area contributed by atoms with E-state index < -0.39 is 17.3 Å². The normalized spacial score (nSPS) is 22.7. The van der Waals surface area contributed by atoms with Crippen molar-refractivity contribution in [2.75, 3.05) is 6.54 Å². The molecule has 1 fully saturated rings. The van der Waals surface area contributed by atoms with Crippen LogP contribution in [0.3, 0.4) is 0 Å². The van der Waals surface area contributed by atoms with E-state index in [0.29, 0.717) is 6.54 Å². The molecule has 0 saturated carbocycles. The molecule has 1 saturated heterocycles. The second kappa shape index (κ2) is 5.72. The third-order valence-electron chi connectivity index (χ3n) is 3.74. The average Bonchev–Trinajstić information content (AvgIpc) is 2.26. The van der Waals surface area contributed by atoms with E-state index in [1.165, 1.54) is 0 Å². The molecule has 1 N–H and O–H groups in total. The van der Waals surface area contributed by atoms with Crippen LogP contribution in [0.2, 0.25) is 0 Å². The minimum Gasteiger partial charge on any atom is -0.481 e. The van der Waals surface area contributed by atoms with Crippen molar-refractivity contribution in [2.24, 2.45) is 11.3 Å². The van der Waals surface area contributed by atoms with Gasteiger partial charge in [0.25, 0.3) is 0 Å². The van der Waals surface area contributed by atoms with Gasteiger partial charge in [0.1, 0.15) is 5.92 Å². The van der Waals surface area contributed by atoms with Gasteiger partial charge in [-0.25, -0.2) is 0 Å². The molecule has 0 radical (unpaired) electrons. The summed E-state index contributed by atoms with van der Waals surface area (Å²) in [5.74, 6) is -2.15. The largest absolute Gasteiger partial charge is 0.481 e. The molecule has 104 valence electrons. The van der Waals surface area contributed by atoms with Gasteiger partial charge in [-0.2, -0.15) is 0 Å². The molecule has 1 amide bonds. The zero-order valence-electron chi connectivity index (χ0n) is 11.9. The predicted molar refractivity (Wildman–Crippen MR) is 70.2 cm³/mol. The van der Waals surface area contributed by atoms with Gasteiger partial charge in [-0.15, -0.1) is 0 Å². The Morgan fingerprint density at radius 3 is 2.39 bits per heavy atom. The molecule has 0 aromatic rings. The number of carbonyl (C=O) groups is 2. The van der Waals surface area contributed by atoms with E-state index in [9.17, 15) is 14.7 Å². The lowest BCUT2D eigenvalue weighted by Gasteiger charge is -2.39. The number of likely N-dealkylation sites (tertiary alicyclic amines) is 1. The number of hydrogen-bond donors (Lipinski definition) is 1. The van der Waals surface area contributed by atoms with Crippen molar-refractivity contribution in [3.63, 3.8) is 0 Å². The zero-order valence-corrected chi connectivity index (χ0v) is 11.9. The van der Waals surface area contributed by atoms with E-state index in [1.807, 2.05) is 20.8 Å². The van der Waals surface area contributed by atoms with Crippen molar-refractivity contribution in [1.29, 1.82) is 0 Å². The summed E-state index contributed by atoms with van der Waals surface area (Å²) in [5.41, 5.74) is -0.543. The highest BCUT2D eigenvalue weighted by atomic mass is 16.4. The summed E-state index contributed by atoms with van der Waals surface area (Å²) in [5, 5.41) is 9.32. The van der Waals surface area contributed by atoms with Crippen molar-refractivity contribution in [3.8, 4) is 0 Å². The molecule has 1 aliphatic rings. The average molecular weight is 255 g/mol. The van der Waals surface area contributed by atoms with Crippen molar-refractivity contribution in [3.05, 3.63) is 0 Å². The highest BCUT2D eigenvalue weighted by Gasteiger charge is 2.41. The van der Waals surface area contributed by atoms with Crippen LogP contribution in [0.4, 0.5) is 0 Å². The molecule has 0 bridgehead atoms. The number of rotatable bonds is 3. The van der Waals surface area contributed by atoms with Crippen LogP contribution in [-0.2, 0) is 9.59 Å². The maximum atomic E-state index is 12.5. The van der Waals surface area contributed by atoms with Gasteiger partial charge >= 0.3 is 5.97 Å². The number of amides is 1. The number of carboxylic acids is 1. The zero-order chi connectivity index (χ0) is 13.9. The molecule has 2 unspecified atom stereocenters. The fourth-order valence-corrected chi connectivity index (χ4v) is 2.73. The fourth-order valence-electron chi connectivity index (χ4n) is 2.73. The Labute approximate surface area is 109 Å². The van der Waals surface area contributed by atoms with Crippen LogP contribution >= 0.6 is 0 Å². The Kier molecular flexibility index (Phi) is 4.77. The number of aliphatic carboxylic acids is 1. The minimum atomic E-state index is -1.01. The molecular formula is C14H25NO3. The molecule has 0 aromatic carbocycles. The Bertz CT molecular complexity index is 319. The lowest BCUT2D eigenvalue weighted by molar-refractivity contribution is -0.158. The molecule has 1 aliphatic heterocycles. The summed E-state index contributed by atoms with van der Waals surface area (Å²) < 4.78 is 0. The Balaban J connectivity index is 2.91. The van der Waals surface area contributed by atoms with Gasteiger partial charge in [0.05, 0.1) is 0 Å². The van der Waals surface area contributed by atoms with Gasteiger partial charge in [0, 0.05) is 12.6 Å². The van der Waals surface area contributed by atoms with Crippen molar-refractivity contribution in [1.82, 2.24) is 4.90 Å². The standard InChI is InChI=1S/C14H25NO3/c1-5-10-8-6-7-9-15(10)12(16)11(13(17)18)14(2,3)4/h10-11H,5-9H2,1-4H3,(H,17,18). The van der Waals surface area contributed by atoms with Crippen molar-refractivity contribution in [2.45, 2.75) is 59.4 Å². The Morgan fingerprint density at radius 2 is 1.94 bits per heavy atom. The van der Waals surface area contributed by atoms with Crippen LogP contribution in [-0.4, -0.2) is 34.5 Å². The first kappa shape index (κ1) is 15.0. The van der Waals surface area contributed by atoms with Gasteiger partial charge < -0.3 is 10.0 Å². The quantitative estimate of drug-likeness (QED) is 0.788. The minimum absolute atomic E-state index is 0.207. The summed E-state index contributed by atoms with van der Waals surface area (Å²) in [4.78, 5) is 25.7. The number of carboxylic acid groups (broad SMARTS) is 1. The molecule has 0 spiro atoms. The van der Waals surface area contributed by atoms with Gasteiger partial charge in [0.2, 0.25) is 5.91 Å². The highest BCUT2D eigenvalue weighted by molar-refractivity contribution is 5.98. The topological polar surface area (TPSA) is 57.6 Å². The molecule has 2 atom stereocenters. The van der Waals surface area contributed by atoms with Crippen LogP contribution in [0.1, 0.15) is 53.4 Å². The predicted octanol–water partition coefficient (Wildman–Crippen LogP) is 2.52. The van der Waals surface area contributed by atoms with Crippen LogP contribution in [0, 0.1) is 11.3 Å². The Morgan fingerprint density at radius 1 is 1.33 bits per heavy atom. The third-order valence-corrected chi connectivity index (χ3v) is 3.74. The first-order valence-electron chi connectivity index (χ1n) is 6.82. The van der Waals surface area contributed by atoms with Crippen molar-refractivity contribution >= 4 is 11.9 Å². The van der Waals surface area contributed by atoms with Crippen LogP contribution in [0.15, 0.2) is 0 Å². The van der Waals surface area contributed by atoms with Gasteiger partial charge in [-0.05, 0) is 31.1 Å². The molecule has 4 nitrogen and oxygen atoms in total. The van der Waals surface area contributed by atoms with Crippen molar-refractivity contribution < 1.29 is 14.7 Å². The van der Waals surface area contributed by atoms with Crippen LogP contribution < -0.4 is 0 Å². The lowest BCUT2D eigenvalue weighted by atomic mass is 9.79. The number of piperidine rings is 1. The molecule has 1 rings (SSSR count). The Hall–Kier alpha value is -1.06. The van der Waals surface area contributed by atoms with Crippen LogP contribution in [0.5, 0.6) is 0 Å². The first-order chi connectivity index (χ1) is 8.29. The first-order valence-corrected chi connectivity index (χ1v) is 6.82. The molecule has 4 heteroatoms. The smallest absolute Gasteiger partial charge is 0.316 e. The summed E-state index contributed by atoms with van der Waals surface area (Å²) in [6.45, 7) is 8.21. The van der Waals surface area contributed by atoms with Gasteiger partial charge in [-0.3, -0.25) is 9.59 Å². The lowest BCUT2D eigenvalue weighted by Crippen LogP contribution is -2.51. The molecule has 1 heterocycles. The second-order valence-electron chi connectivity index (χ2n) is 6.23. The van der Waals surface area contributed by atoms with E-state index in [2.05, 4.69) is 6.92 Å². The maximum Gasteiger partial charge on any atom is 0.316 e. The highest BCUT2D eigenvalue weighted by Crippen LogP contribution is 2.31. The summed E-state index contributed by atoms with van der Waals surface area (Å²) in [6, 6.07) is 0.218. The fraction of sp³-hybridized carbons (Fsp3) is 0.857. The number of carbonyl (C=O) groups excluding carboxylic acids is 1. The van der Waals surface area contributed by atoms with Crippen LogP contribution in [0.25, 0.3) is 0 Å². The van der Waals surface area contributed by atoms with E-state index in [4.69, 9.17) is 0 Å². The van der Waals surface area contributed by atoms with Gasteiger partial charge in [0.15, 0.2) is 0 Å². The summed E-state index contributed by atoms with van der Waals surface area (Å²) >= 11 is 0. The molecule has 18 heavy (non-hydrogen) atoms. The van der Waals surface area contributed by atoms with Gasteiger partial charge in [-0.1, -0.05) is 27.7 Å². The monoisotopic (exact) mass is 255 g/mol. The SMILES string of the molecule is CCC1CCCCN1C(=O)C(C(=O)O)C(C)(C)C. The van der Waals surface area contributed by atoms with E-state index in [0.717, 1.165) is 25.7 Å². The third kappa shape index (κ3) is 3.24.